The number of carbonyl (C=O) groups is 2. The van der Waals surface area contributed by atoms with E-state index in [1.54, 1.807) is 0 Å². The molecule has 546 valence electrons. The SMILES string of the molecule is CC/C=C\C/C=C\C/C=C\C/C=C\C/C=C\C/C=C\C/C=C\C/C=C\C/C=C\C/C=C\CCCCCCCCCCCCC(=O)OC(COC(=O)CCCC/C=C\C/C=C\C/C=C\C/C=C\C/C=C\C/C=C\C/C=C\C/C=C\C/C=C\C/C=C\CC)COP(=O)(O)OCC[N+](C)(C)C. The van der Waals surface area contributed by atoms with Crippen molar-refractivity contribution in [3.63, 3.8) is 0 Å². The van der Waals surface area contributed by atoms with Crippen LogP contribution in [0.2, 0.25) is 0 Å². The highest BCUT2D eigenvalue weighted by atomic mass is 31.2. The number of phosphoric ester groups is 1. The number of likely N-dealkylation sites (N-methyl/N-ethyl adjacent to an activating group) is 1. The van der Waals surface area contributed by atoms with Crippen LogP contribution >= 0.6 is 7.82 Å². The lowest BCUT2D eigenvalue weighted by Crippen LogP contribution is -2.37. The Kier molecular flexibility index (Phi) is 70.3. The second-order valence-corrected chi connectivity index (χ2v) is 26.7. The molecule has 0 bridgehead atoms. The molecule has 0 spiro atoms. The Labute approximate surface area is 600 Å². The molecule has 2 atom stereocenters. The van der Waals surface area contributed by atoms with E-state index in [1.165, 1.54) is 38.5 Å². The molecule has 1 N–H and O–H groups in total. The van der Waals surface area contributed by atoms with Crippen LogP contribution in [0.3, 0.4) is 0 Å². The number of nitrogens with zero attached hydrogens (tertiary/aromatic N) is 1. The van der Waals surface area contributed by atoms with Crippen molar-refractivity contribution >= 4 is 19.8 Å². The highest BCUT2D eigenvalue weighted by Crippen LogP contribution is 2.43. The van der Waals surface area contributed by atoms with Gasteiger partial charge in [-0.25, -0.2) is 4.57 Å². The largest absolute Gasteiger partial charge is 0.472 e. The van der Waals surface area contributed by atoms with Crippen LogP contribution in [0, 0.1) is 0 Å². The van der Waals surface area contributed by atoms with Crippen molar-refractivity contribution in [2.75, 3.05) is 47.5 Å². The maximum atomic E-state index is 12.9. The number of quaternary nitrogens is 1. The summed E-state index contributed by atoms with van der Waals surface area (Å²) in [5.41, 5.74) is 0. The molecule has 0 amide bonds. The Morgan fingerprint density at radius 1 is 0.316 bits per heavy atom. The lowest BCUT2D eigenvalue weighted by molar-refractivity contribution is -0.870. The van der Waals surface area contributed by atoms with Crippen molar-refractivity contribution in [3.05, 3.63) is 243 Å². The van der Waals surface area contributed by atoms with Crippen LogP contribution in [0.1, 0.15) is 245 Å². The van der Waals surface area contributed by atoms with E-state index in [0.717, 1.165) is 167 Å². The molecule has 98 heavy (non-hydrogen) atoms. The molecule has 0 aromatic carbocycles. The minimum absolute atomic E-state index is 0.0102. The zero-order valence-electron chi connectivity index (χ0n) is 62.2. The summed E-state index contributed by atoms with van der Waals surface area (Å²) >= 11 is 0. The Morgan fingerprint density at radius 2 is 0.551 bits per heavy atom. The molecule has 0 heterocycles. The van der Waals surface area contributed by atoms with Crippen molar-refractivity contribution in [2.24, 2.45) is 0 Å². The number of hydrogen-bond donors (Lipinski definition) is 1. The molecule has 0 aromatic rings. The molecule has 0 aliphatic carbocycles. The summed E-state index contributed by atoms with van der Waals surface area (Å²) in [6, 6.07) is 0. The van der Waals surface area contributed by atoms with Crippen molar-refractivity contribution < 1.29 is 42.1 Å². The Hall–Kier alpha value is -6.19. The molecule has 0 fully saturated rings. The fraction of sp³-hybridized carbons (Fsp3) is 0.523. The number of rotatable bonds is 66. The fourth-order valence-corrected chi connectivity index (χ4v) is 9.93. The highest BCUT2D eigenvalue weighted by Gasteiger charge is 2.27. The van der Waals surface area contributed by atoms with E-state index in [0.29, 0.717) is 23.9 Å². The van der Waals surface area contributed by atoms with Crippen molar-refractivity contribution in [1.82, 2.24) is 0 Å². The second kappa shape index (κ2) is 75.0. The molecule has 10 heteroatoms. The molecule has 9 nitrogen and oxygen atoms in total. The van der Waals surface area contributed by atoms with Gasteiger partial charge in [-0.2, -0.15) is 0 Å². The van der Waals surface area contributed by atoms with Gasteiger partial charge in [0, 0.05) is 12.8 Å². The average Bonchev–Trinajstić information content (AvgIpc) is 1.08. The third-order valence-electron chi connectivity index (χ3n) is 14.9. The van der Waals surface area contributed by atoms with Gasteiger partial charge in [0.2, 0.25) is 0 Å². The van der Waals surface area contributed by atoms with E-state index in [9.17, 15) is 19.0 Å². The molecule has 0 aliphatic rings. The molecule has 0 saturated heterocycles. The predicted molar refractivity (Wildman–Crippen MR) is 426 cm³/mol. The average molecular weight is 1370 g/mol. The maximum absolute atomic E-state index is 12.9. The third kappa shape index (κ3) is 78.8. The number of esters is 2. The summed E-state index contributed by atoms with van der Waals surface area (Å²) in [5, 5.41) is 0. The minimum Gasteiger partial charge on any atom is -0.462 e. The topological polar surface area (TPSA) is 108 Å². The van der Waals surface area contributed by atoms with Gasteiger partial charge in [0.25, 0.3) is 0 Å². The van der Waals surface area contributed by atoms with E-state index in [4.69, 9.17) is 18.5 Å². The first-order valence-electron chi connectivity index (χ1n) is 37.8. The van der Waals surface area contributed by atoms with Gasteiger partial charge in [-0.15, -0.1) is 0 Å². The summed E-state index contributed by atoms with van der Waals surface area (Å²) in [7, 11) is 1.42. The molecule has 0 saturated carbocycles. The van der Waals surface area contributed by atoms with Crippen molar-refractivity contribution in [2.45, 2.75) is 251 Å². The molecule has 2 unspecified atom stereocenters. The van der Waals surface area contributed by atoms with Crippen LogP contribution in [0.4, 0.5) is 0 Å². The van der Waals surface area contributed by atoms with E-state index in [1.807, 2.05) is 21.1 Å². The van der Waals surface area contributed by atoms with Crippen LogP contribution < -0.4 is 0 Å². The Balaban J connectivity index is 4.20. The normalized spacial score (nSPS) is 14.5. The number of allylic oxidation sites excluding steroid dienone is 40. The summed E-state index contributed by atoms with van der Waals surface area (Å²) in [4.78, 5) is 35.9. The Bertz CT molecular complexity index is 2560. The van der Waals surface area contributed by atoms with Gasteiger partial charge in [-0.05, 0) is 167 Å². The molecule has 0 aromatic heterocycles. The number of phosphoric acid groups is 1. The van der Waals surface area contributed by atoms with Gasteiger partial charge in [-0.1, -0.05) is 308 Å². The fourth-order valence-electron chi connectivity index (χ4n) is 9.19. The predicted octanol–water partition coefficient (Wildman–Crippen LogP) is 25.5. The van der Waals surface area contributed by atoms with Gasteiger partial charge in [0.05, 0.1) is 27.7 Å². The smallest absolute Gasteiger partial charge is 0.462 e. The highest BCUT2D eigenvalue weighted by molar-refractivity contribution is 7.47. The van der Waals surface area contributed by atoms with Gasteiger partial charge in [-0.3, -0.25) is 18.6 Å². The lowest BCUT2D eigenvalue weighted by Gasteiger charge is -2.24. The third-order valence-corrected chi connectivity index (χ3v) is 15.9. The summed E-state index contributed by atoms with van der Waals surface area (Å²) in [5.74, 6) is -0.872. The van der Waals surface area contributed by atoms with Gasteiger partial charge < -0.3 is 18.9 Å². The zero-order chi connectivity index (χ0) is 71.1. The van der Waals surface area contributed by atoms with Crippen molar-refractivity contribution in [3.8, 4) is 0 Å². The maximum Gasteiger partial charge on any atom is 0.472 e. The first kappa shape index (κ1) is 91.8. The quantitative estimate of drug-likeness (QED) is 0.0211. The first-order valence-corrected chi connectivity index (χ1v) is 39.3. The number of unbranched alkanes of at least 4 members (excludes halogenated alkanes) is 12. The Morgan fingerprint density at radius 3 is 0.837 bits per heavy atom. The molecule has 0 rings (SSSR count). The minimum atomic E-state index is -4.42. The van der Waals surface area contributed by atoms with Crippen LogP contribution in [-0.4, -0.2) is 74.9 Å². The van der Waals surface area contributed by atoms with Gasteiger partial charge >= 0.3 is 19.8 Å². The summed E-state index contributed by atoms with van der Waals surface area (Å²) < 4.78 is 34.7. The lowest BCUT2D eigenvalue weighted by atomic mass is 10.0. The number of hydrogen-bond acceptors (Lipinski definition) is 7. The monoisotopic (exact) mass is 1370 g/mol. The van der Waals surface area contributed by atoms with E-state index in [2.05, 4.69) is 257 Å². The summed E-state index contributed by atoms with van der Waals surface area (Å²) in [6.45, 7) is 4.12. The van der Waals surface area contributed by atoms with Gasteiger partial charge in [0.15, 0.2) is 6.10 Å². The van der Waals surface area contributed by atoms with Crippen LogP contribution in [0.5, 0.6) is 0 Å². The van der Waals surface area contributed by atoms with Crippen LogP contribution in [-0.2, 0) is 32.7 Å². The van der Waals surface area contributed by atoms with Crippen LogP contribution in [0.25, 0.3) is 0 Å². The second-order valence-electron chi connectivity index (χ2n) is 25.2. The van der Waals surface area contributed by atoms with Gasteiger partial charge in [0.1, 0.15) is 19.8 Å². The van der Waals surface area contributed by atoms with E-state index < -0.39 is 32.5 Å². The zero-order valence-corrected chi connectivity index (χ0v) is 63.0. The summed E-state index contributed by atoms with van der Waals surface area (Å²) in [6.07, 6.45) is 123. The van der Waals surface area contributed by atoms with E-state index >= 15 is 0 Å². The molecule has 0 radical (unpaired) electrons. The molecule has 0 aliphatic heterocycles. The molecular formula is C88H137NO8P+. The first-order chi connectivity index (χ1) is 48.0. The standard InChI is InChI=1S/C88H136NO8P/c1-6-8-10-12-14-16-18-20-22-24-26-28-30-32-34-36-38-40-41-42-43-44-45-46-47-49-51-53-55-57-59-61-63-65-67-69-71-73-75-77-79-81-88(91)97-86(85-96-98(92,93)95-83-82-89(3,4)5)84-94-87(90)80-78-76-74-72-70-68-66-64-62-60-58-56-54-52-50-48-39-37-35-33-31-29-27-25-23-21-19-17-15-13-11-9-7-2/h8-11,14-17,20-23,26-29,32-35,38-40,42-43,45-46,48-49,51-52,54-55,57-58,60,64,66,70,72,86H,6-7,12-13,18-19,24-25,30-31,36-37,41,44,47,50,53,56,59,61-63,65,67-69,71,73-85H2,1-5H3/p+1/b10-8-,11-9-,16-14-,17-15-,22-20-,23-21-,28-26-,29-27-,34-32-,35-33-,40-38-,43-42-,46-45-,48-39-,51-49-,54-52-,57-55-,60-58-,66-64-,72-70-. The molecular weight excluding hydrogens is 1230 g/mol. The van der Waals surface area contributed by atoms with Crippen molar-refractivity contribution in [1.29, 1.82) is 0 Å². The van der Waals surface area contributed by atoms with Crippen LogP contribution in [0.15, 0.2) is 243 Å². The van der Waals surface area contributed by atoms with E-state index in [-0.39, 0.29) is 26.1 Å². The number of ether oxygens (including phenoxy) is 2. The number of carbonyl (C=O) groups excluding carboxylic acids is 2.